The zero-order chi connectivity index (χ0) is 18.0. The fourth-order valence-electron chi connectivity index (χ4n) is 1.95. The zero-order valence-corrected chi connectivity index (χ0v) is 15.0. The van der Waals surface area contributed by atoms with Gasteiger partial charge in [0, 0.05) is 25.1 Å². The van der Waals surface area contributed by atoms with Crippen LogP contribution < -0.4 is 11.1 Å². The van der Waals surface area contributed by atoms with E-state index in [-0.39, 0.29) is 5.84 Å². The first-order valence-corrected chi connectivity index (χ1v) is 8.12. The van der Waals surface area contributed by atoms with Crippen LogP contribution in [0.3, 0.4) is 0 Å². The number of benzene rings is 1. The number of hydrogen-bond acceptors (Lipinski definition) is 6. The third-order valence-electron chi connectivity index (χ3n) is 2.88. The van der Waals surface area contributed by atoms with Crippen LogP contribution in [0.4, 0.5) is 10.9 Å². The summed E-state index contributed by atoms with van der Waals surface area (Å²) in [5, 5.41) is 19.8. The number of aliphatic carboxylic acids is 1. The molecule has 10 heteroatoms. The lowest BCUT2D eigenvalue weighted by Crippen LogP contribution is -2.02. The molecule has 1 aromatic carbocycles. The molecule has 0 fully saturated rings. The van der Waals surface area contributed by atoms with Gasteiger partial charge in [-0.1, -0.05) is 34.5 Å². The van der Waals surface area contributed by atoms with E-state index in [4.69, 9.17) is 44.2 Å². The molecule has 0 saturated heterocycles. The van der Waals surface area contributed by atoms with Crippen molar-refractivity contribution in [3.8, 4) is 0 Å². The van der Waals surface area contributed by atoms with Gasteiger partial charge >= 0.3 is 0 Å². The standard InChI is InChI=1S/C12H9Cl2N5S.C2H4O2/c1-17-12-19-11(16)9(20-12)8-4-2-6(13)7(14)3-5(4)10(15)18-8;1-2(3)4/h2-3,15H,16H2,1H3,(H,17,19);1H3,(H,3,4). The van der Waals surface area contributed by atoms with E-state index in [0.29, 0.717) is 32.3 Å². The normalized spacial score (nSPS) is 12.2. The van der Waals surface area contributed by atoms with Crippen molar-refractivity contribution in [3.05, 3.63) is 38.2 Å². The maximum absolute atomic E-state index is 9.00. The molecule has 2 aromatic rings. The number of nitrogens with two attached hydrogens (primary N) is 1. The van der Waals surface area contributed by atoms with E-state index in [1.807, 2.05) is 0 Å². The summed E-state index contributed by atoms with van der Waals surface area (Å²) in [6.45, 7) is 1.08. The summed E-state index contributed by atoms with van der Waals surface area (Å²) in [5.74, 6) is -0.308. The number of nitrogen functional groups attached to an aromatic ring is 1. The molecule has 0 aliphatic carbocycles. The summed E-state index contributed by atoms with van der Waals surface area (Å²) in [4.78, 5) is 18.2. The minimum Gasteiger partial charge on any atom is -0.481 e. The maximum atomic E-state index is 9.00. The number of anilines is 2. The van der Waals surface area contributed by atoms with E-state index in [1.165, 1.54) is 11.3 Å². The summed E-state index contributed by atoms with van der Waals surface area (Å²) in [7, 11) is 1.77. The fraction of sp³-hybridized carbons (Fsp3) is 0.143. The number of nitrogens with one attached hydrogen (secondary N) is 2. The van der Waals surface area contributed by atoms with Gasteiger partial charge < -0.3 is 16.2 Å². The molecule has 0 bridgehead atoms. The van der Waals surface area contributed by atoms with Crippen LogP contribution in [0.1, 0.15) is 22.9 Å². The number of carbonyl (C=O) groups is 1. The van der Waals surface area contributed by atoms with Crippen molar-refractivity contribution in [3.63, 3.8) is 0 Å². The van der Waals surface area contributed by atoms with Gasteiger partial charge in [0.15, 0.2) is 11.0 Å². The van der Waals surface area contributed by atoms with Crippen molar-refractivity contribution in [1.82, 2.24) is 4.98 Å². The summed E-state index contributed by atoms with van der Waals surface area (Å²) in [6, 6.07) is 3.35. The van der Waals surface area contributed by atoms with E-state index >= 15 is 0 Å². The number of carboxylic acids is 1. The molecule has 0 atom stereocenters. The van der Waals surface area contributed by atoms with E-state index in [2.05, 4.69) is 15.3 Å². The average molecular weight is 386 g/mol. The Kier molecular flexibility index (Phi) is 5.43. The Morgan fingerprint density at radius 3 is 2.38 bits per heavy atom. The van der Waals surface area contributed by atoms with Crippen LogP contribution in [-0.4, -0.2) is 34.7 Å². The molecule has 3 rings (SSSR count). The van der Waals surface area contributed by atoms with Crippen molar-refractivity contribution < 1.29 is 9.90 Å². The van der Waals surface area contributed by atoms with Crippen molar-refractivity contribution in [2.24, 2.45) is 4.99 Å². The summed E-state index contributed by atoms with van der Waals surface area (Å²) in [5.41, 5.74) is 7.93. The molecular formula is C14H13Cl2N5O2S. The van der Waals surface area contributed by atoms with Gasteiger partial charge in [-0.05, 0) is 12.1 Å². The van der Waals surface area contributed by atoms with Crippen LogP contribution in [0.25, 0.3) is 0 Å². The maximum Gasteiger partial charge on any atom is 0.300 e. The first-order valence-electron chi connectivity index (χ1n) is 6.55. The topological polar surface area (TPSA) is 124 Å². The van der Waals surface area contributed by atoms with Crippen LogP contribution in [0.5, 0.6) is 0 Å². The number of hydrogen-bond donors (Lipinski definition) is 4. The van der Waals surface area contributed by atoms with Gasteiger partial charge in [0.1, 0.15) is 5.82 Å². The lowest BCUT2D eigenvalue weighted by Gasteiger charge is -2.04. The van der Waals surface area contributed by atoms with E-state index in [9.17, 15) is 0 Å². The largest absolute Gasteiger partial charge is 0.481 e. The molecule has 0 radical (unpaired) electrons. The Balaban J connectivity index is 0.000000471. The van der Waals surface area contributed by atoms with Crippen molar-refractivity contribution >= 4 is 63.0 Å². The Labute approximate surface area is 151 Å². The lowest BCUT2D eigenvalue weighted by atomic mass is 10.0. The predicted molar refractivity (Wildman–Crippen MR) is 98.3 cm³/mol. The SMILES string of the molecule is CC(=O)O.CNc1nc(N)c(C2=NC(=N)c3cc(Cl)c(Cl)cc32)s1. The number of halogens is 2. The van der Waals surface area contributed by atoms with Crippen LogP contribution >= 0.6 is 34.5 Å². The third kappa shape index (κ3) is 3.66. The second-order valence-electron chi connectivity index (χ2n) is 4.62. The summed E-state index contributed by atoms with van der Waals surface area (Å²) >= 11 is 13.4. The molecule has 24 heavy (non-hydrogen) atoms. The highest BCUT2D eigenvalue weighted by molar-refractivity contribution is 7.18. The van der Waals surface area contributed by atoms with Crippen LogP contribution in [-0.2, 0) is 4.79 Å². The number of rotatable bonds is 2. The number of aliphatic imine (C=N–C) groups is 1. The highest BCUT2D eigenvalue weighted by Gasteiger charge is 2.26. The average Bonchev–Trinajstić information content (AvgIpc) is 3.00. The highest BCUT2D eigenvalue weighted by Crippen LogP contribution is 2.35. The Bertz CT molecular complexity index is 859. The molecule has 126 valence electrons. The van der Waals surface area contributed by atoms with E-state index < -0.39 is 5.97 Å². The Hall–Kier alpha value is -2.16. The third-order valence-corrected chi connectivity index (χ3v) is 4.69. The zero-order valence-electron chi connectivity index (χ0n) is 12.6. The minimum atomic E-state index is -0.833. The van der Waals surface area contributed by atoms with Crippen LogP contribution in [0.15, 0.2) is 17.1 Å². The van der Waals surface area contributed by atoms with Gasteiger partial charge in [-0.25, -0.2) is 9.98 Å². The summed E-state index contributed by atoms with van der Waals surface area (Å²) < 4.78 is 0. The van der Waals surface area contributed by atoms with Gasteiger partial charge in [-0.3, -0.25) is 10.2 Å². The van der Waals surface area contributed by atoms with Crippen LogP contribution in [0.2, 0.25) is 10.0 Å². The molecule has 0 amide bonds. The molecule has 1 aliphatic rings. The fourth-order valence-corrected chi connectivity index (χ4v) is 3.12. The predicted octanol–water partition coefficient (Wildman–Crippen LogP) is 3.34. The van der Waals surface area contributed by atoms with Gasteiger partial charge in [0.25, 0.3) is 5.97 Å². The van der Waals surface area contributed by atoms with Crippen molar-refractivity contribution in [1.29, 1.82) is 5.41 Å². The molecule has 0 saturated carbocycles. The Morgan fingerprint density at radius 2 is 1.88 bits per heavy atom. The molecule has 7 nitrogen and oxygen atoms in total. The van der Waals surface area contributed by atoms with Gasteiger partial charge in [-0.2, -0.15) is 0 Å². The second kappa shape index (κ2) is 7.16. The number of carboxylic acid groups (broad SMARTS) is 1. The molecule has 1 aromatic heterocycles. The number of fused-ring (bicyclic) bond motifs is 1. The quantitative estimate of drug-likeness (QED) is 0.630. The van der Waals surface area contributed by atoms with E-state index in [1.54, 1.807) is 19.2 Å². The number of nitrogens with zero attached hydrogens (tertiary/aromatic N) is 2. The second-order valence-corrected chi connectivity index (χ2v) is 6.44. The molecule has 2 heterocycles. The van der Waals surface area contributed by atoms with Crippen molar-refractivity contribution in [2.45, 2.75) is 6.92 Å². The minimum absolute atomic E-state index is 0.146. The van der Waals surface area contributed by atoms with Gasteiger partial charge in [0.05, 0.1) is 20.6 Å². The highest BCUT2D eigenvalue weighted by atomic mass is 35.5. The van der Waals surface area contributed by atoms with E-state index in [0.717, 1.165) is 17.4 Å². The summed E-state index contributed by atoms with van der Waals surface area (Å²) in [6.07, 6.45) is 0. The Morgan fingerprint density at radius 1 is 1.33 bits per heavy atom. The van der Waals surface area contributed by atoms with Crippen LogP contribution in [0, 0.1) is 5.41 Å². The number of aromatic nitrogens is 1. The molecule has 0 spiro atoms. The molecular weight excluding hydrogens is 373 g/mol. The monoisotopic (exact) mass is 385 g/mol. The van der Waals surface area contributed by atoms with Gasteiger partial charge in [-0.15, -0.1) is 0 Å². The molecule has 1 aliphatic heterocycles. The smallest absolute Gasteiger partial charge is 0.300 e. The number of amidine groups is 1. The van der Waals surface area contributed by atoms with Crippen molar-refractivity contribution in [2.75, 3.05) is 18.1 Å². The first-order chi connectivity index (χ1) is 11.2. The lowest BCUT2D eigenvalue weighted by molar-refractivity contribution is -0.134. The van der Waals surface area contributed by atoms with Gasteiger partial charge in [0.2, 0.25) is 0 Å². The molecule has 0 unspecified atom stereocenters. The number of thiazole rings is 1. The molecule has 5 N–H and O–H groups in total. The first kappa shape index (κ1) is 18.2.